The normalized spacial score (nSPS) is 8.14. The molecule has 0 aliphatic rings. The fourth-order valence-corrected chi connectivity index (χ4v) is 0.273. The van der Waals surface area contributed by atoms with Gasteiger partial charge >= 0.3 is 0 Å². The number of rotatable bonds is 3. The zero-order valence-corrected chi connectivity index (χ0v) is 4.39. The van der Waals surface area contributed by atoms with Crippen LogP contribution in [-0.4, -0.2) is 21.7 Å². The molecule has 2 heteroatoms. The molecule has 0 bridgehead atoms. The second-order valence-corrected chi connectivity index (χ2v) is 1.46. The minimum atomic E-state index is 0.366. The zero-order chi connectivity index (χ0) is 5.70. The summed E-state index contributed by atoms with van der Waals surface area (Å²) in [5.41, 5.74) is 0. The molecular weight excluding hydrogens is 92.1 g/mol. The summed E-state index contributed by atoms with van der Waals surface area (Å²) in [6, 6.07) is 0. The zero-order valence-electron chi connectivity index (χ0n) is 4.39. The fraction of sp³-hybridized carbons (Fsp3) is 0.600. The van der Waals surface area contributed by atoms with Crippen LogP contribution in [-0.2, 0) is 0 Å². The van der Waals surface area contributed by atoms with Crippen molar-refractivity contribution >= 4 is 12.1 Å². The third kappa shape index (κ3) is 5.34. The van der Waals surface area contributed by atoms with Crippen molar-refractivity contribution in [3.8, 4) is 0 Å². The maximum Gasteiger partial charge on any atom is 0.290 e. The molecule has 0 heterocycles. The van der Waals surface area contributed by atoms with Crippen LogP contribution in [0, 0.1) is 0 Å². The number of hydrogen-bond acceptors (Lipinski definition) is 0. The summed E-state index contributed by atoms with van der Waals surface area (Å²) in [6.07, 6.45) is 2.15. The van der Waals surface area contributed by atoms with Crippen LogP contribution in [0.3, 0.4) is 0 Å². The predicted octanol–water partition coefficient (Wildman–Crippen LogP) is 0.506. The van der Waals surface area contributed by atoms with E-state index in [0.717, 1.165) is 6.29 Å². The van der Waals surface area contributed by atoms with Crippen molar-refractivity contribution < 1.29 is 9.59 Å². The molecule has 0 unspecified atom stereocenters. The highest BCUT2D eigenvalue weighted by Gasteiger charge is 1.97. The highest BCUT2D eigenvalue weighted by atomic mass is 16.1. The van der Waals surface area contributed by atoms with Gasteiger partial charge in [-0.15, -0.1) is 0 Å². The maximum atomic E-state index is 8.47. The molecule has 0 saturated heterocycles. The van der Waals surface area contributed by atoms with E-state index in [-0.39, 0.29) is 0 Å². The highest BCUT2D eigenvalue weighted by Crippen LogP contribution is 1.82. The number of aldehydes is 1. The Morgan fingerprint density at radius 1 is 1.71 bits per heavy atom. The van der Waals surface area contributed by atoms with Gasteiger partial charge in [0, 0.05) is 6.92 Å². The monoisotopic (exact) mass is 102 g/mol. The van der Waals surface area contributed by atoms with Crippen molar-refractivity contribution in [2.24, 2.45) is 0 Å². The second-order valence-electron chi connectivity index (χ2n) is 1.46. The molecule has 0 rings (SSSR count). The molecule has 0 fully saturated rings. The van der Waals surface area contributed by atoms with Crippen LogP contribution in [0.4, 0.5) is 0 Å². The largest absolute Gasteiger partial charge is 0.290 e. The summed E-state index contributed by atoms with van der Waals surface area (Å²) in [4.78, 5) is 16.5. The van der Waals surface area contributed by atoms with E-state index in [0.29, 0.717) is 18.6 Å². The van der Waals surface area contributed by atoms with Gasteiger partial charge in [-0.1, -0.05) is 0 Å². The summed E-state index contributed by atoms with van der Waals surface area (Å²) in [5.74, 6) is 0.366. The van der Waals surface area contributed by atoms with Crippen LogP contribution in [0.5, 0.6) is 0 Å². The first-order valence-corrected chi connectivity index (χ1v) is 2.24. The van der Waals surface area contributed by atoms with Crippen LogP contribution in [0.2, 0.25) is 0 Å². The Balaban J connectivity index is 2.97. The lowest BCUT2D eigenvalue weighted by atomic mass is 10.3. The Hall–Kier alpha value is -0.660. The van der Waals surface area contributed by atoms with Crippen molar-refractivity contribution in [3.05, 3.63) is 0 Å². The molecule has 0 aromatic rings. The summed E-state index contributed by atoms with van der Waals surface area (Å²) in [7, 11) is 0. The fourth-order valence-electron chi connectivity index (χ4n) is 0.273. The van der Waals surface area contributed by atoms with Crippen molar-refractivity contribution in [2.75, 3.05) is 0 Å². The van der Waals surface area contributed by atoms with Crippen LogP contribution in [0.1, 0.15) is 19.8 Å². The van der Waals surface area contributed by atoms with Gasteiger partial charge in [-0.3, -0.25) is 9.59 Å². The first kappa shape index (κ1) is 6.34. The van der Waals surface area contributed by atoms with E-state index in [2.05, 4.69) is 0 Å². The van der Waals surface area contributed by atoms with Gasteiger partial charge in [-0.2, -0.15) is 0 Å². The standard InChI is InChI=1S/C5H8O2/c1-5(7)3-2-4-6/h4H,2-3H2,1H3/p+2. The van der Waals surface area contributed by atoms with Gasteiger partial charge in [0.1, 0.15) is 0 Å². The van der Waals surface area contributed by atoms with Gasteiger partial charge in [-0.05, 0) is 0 Å². The minimum absolute atomic E-state index is 0.366. The molecule has 2 N–H and O–H groups in total. The smallest absolute Gasteiger partial charge is 0.287 e. The van der Waals surface area contributed by atoms with Gasteiger partial charge in [0.2, 0.25) is 0 Å². The molecule has 0 spiro atoms. The topological polar surface area (TPSA) is 42.8 Å². The van der Waals surface area contributed by atoms with E-state index in [4.69, 9.17) is 9.59 Å². The molecule has 0 amide bonds. The molecule has 0 aromatic heterocycles. The second kappa shape index (κ2) is 3.53. The van der Waals surface area contributed by atoms with Crippen LogP contribution >= 0.6 is 0 Å². The summed E-state index contributed by atoms with van der Waals surface area (Å²) in [5, 5.41) is 0. The molecule has 7 heavy (non-hydrogen) atoms. The number of hydrogen-bond donors (Lipinski definition) is 0. The average Bonchev–Trinajstić information content (AvgIpc) is 1.61. The van der Waals surface area contributed by atoms with E-state index < -0.39 is 0 Å². The summed E-state index contributed by atoms with van der Waals surface area (Å²) < 4.78 is 0. The Morgan fingerprint density at radius 2 is 2.29 bits per heavy atom. The molecule has 40 valence electrons. The van der Waals surface area contributed by atoms with E-state index in [9.17, 15) is 0 Å². The Morgan fingerprint density at radius 3 is 2.43 bits per heavy atom. The Labute approximate surface area is 42.5 Å². The lowest BCUT2D eigenvalue weighted by Gasteiger charge is -1.71. The summed E-state index contributed by atoms with van der Waals surface area (Å²) in [6.45, 7) is 1.61. The maximum absolute atomic E-state index is 8.47. The van der Waals surface area contributed by atoms with E-state index in [1.807, 2.05) is 0 Å². The minimum Gasteiger partial charge on any atom is -0.287 e. The number of ketones is 1. The average molecular weight is 102 g/mol. The first-order valence-electron chi connectivity index (χ1n) is 2.24. The van der Waals surface area contributed by atoms with Gasteiger partial charge < -0.3 is 0 Å². The van der Waals surface area contributed by atoms with Crippen molar-refractivity contribution in [1.82, 2.24) is 0 Å². The molecule has 0 aromatic carbocycles. The Kier molecular flexibility index (Phi) is 3.19. The van der Waals surface area contributed by atoms with Crippen molar-refractivity contribution in [3.63, 3.8) is 0 Å². The van der Waals surface area contributed by atoms with Crippen molar-refractivity contribution in [2.45, 2.75) is 19.8 Å². The number of carbonyl (C=O) groups excluding carboxylic acids is 2. The van der Waals surface area contributed by atoms with Gasteiger partial charge in [0.25, 0.3) is 12.1 Å². The van der Waals surface area contributed by atoms with E-state index >= 15 is 0 Å². The third-order valence-corrected chi connectivity index (χ3v) is 0.635. The third-order valence-electron chi connectivity index (χ3n) is 0.635. The quantitative estimate of drug-likeness (QED) is 0.368. The van der Waals surface area contributed by atoms with E-state index in [1.165, 1.54) is 0 Å². The van der Waals surface area contributed by atoms with Crippen molar-refractivity contribution in [1.29, 1.82) is 0 Å². The predicted molar refractivity (Wildman–Crippen MR) is 29.9 cm³/mol. The van der Waals surface area contributed by atoms with Gasteiger partial charge in [0.05, 0.1) is 12.8 Å². The van der Waals surface area contributed by atoms with E-state index in [1.54, 1.807) is 6.92 Å². The van der Waals surface area contributed by atoms with Gasteiger partial charge in [-0.25, -0.2) is 0 Å². The molecular formula is C5H10O2+2. The molecule has 0 radical (unpaired) electrons. The van der Waals surface area contributed by atoms with Crippen LogP contribution in [0.15, 0.2) is 0 Å². The lowest BCUT2D eigenvalue weighted by molar-refractivity contribution is 0.648. The van der Waals surface area contributed by atoms with Crippen LogP contribution < -0.4 is 0 Å². The summed E-state index contributed by atoms with van der Waals surface area (Å²) >= 11 is 0. The molecule has 0 atom stereocenters. The lowest BCUT2D eigenvalue weighted by Crippen LogP contribution is -1.89. The molecule has 0 aliphatic heterocycles. The van der Waals surface area contributed by atoms with Gasteiger partial charge in [0.15, 0.2) is 0 Å². The molecule has 0 saturated carbocycles. The molecule has 0 aliphatic carbocycles. The first-order chi connectivity index (χ1) is 3.27. The highest BCUT2D eigenvalue weighted by molar-refractivity contribution is 5.78. The Bertz CT molecular complexity index is 76.1. The SMILES string of the molecule is CC(=[OH+])CCC=[OH+]. The molecule has 2 nitrogen and oxygen atoms in total. The van der Waals surface area contributed by atoms with Crippen LogP contribution in [0.25, 0.3) is 0 Å².